The molecule has 6 nitrogen and oxygen atoms in total. The fraction of sp³-hybridized carbons (Fsp3) is 0. The van der Waals surface area contributed by atoms with Gasteiger partial charge in [0.15, 0.2) is 5.82 Å². The van der Waals surface area contributed by atoms with Gasteiger partial charge in [0.2, 0.25) is 0 Å². The number of fused-ring (bicyclic) bond motifs is 15. The minimum atomic E-state index is 0.679. The highest BCUT2D eigenvalue weighted by atomic mass is 15.0. The van der Waals surface area contributed by atoms with Gasteiger partial charge in [-0.3, -0.25) is 0 Å². The van der Waals surface area contributed by atoms with E-state index in [0.29, 0.717) is 5.82 Å². The quantitative estimate of drug-likeness (QED) is 0.160. The van der Waals surface area contributed by atoms with Crippen molar-refractivity contribution in [2.75, 3.05) is 0 Å². The highest BCUT2D eigenvalue weighted by Gasteiger charge is 2.30. The van der Waals surface area contributed by atoms with Gasteiger partial charge in [0.25, 0.3) is 0 Å². The first kappa shape index (κ1) is 46.9. The summed E-state index contributed by atoms with van der Waals surface area (Å²) in [6.07, 6.45) is 0. The smallest absolute Gasteiger partial charge is 0.160 e. The second kappa shape index (κ2) is 18.0. The summed E-state index contributed by atoms with van der Waals surface area (Å²) in [6, 6.07) is 106. The Labute approximate surface area is 493 Å². The Morgan fingerprint density at radius 2 is 0.570 bits per heavy atom. The van der Waals surface area contributed by atoms with E-state index in [2.05, 4.69) is 309 Å². The van der Waals surface area contributed by atoms with E-state index in [1.165, 1.54) is 87.1 Å². The lowest BCUT2D eigenvalue weighted by Gasteiger charge is -2.15. The van der Waals surface area contributed by atoms with Crippen molar-refractivity contribution < 1.29 is 0 Å². The van der Waals surface area contributed by atoms with Crippen LogP contribution in [0.25, 0.3) is 177 Å². The standard InChI is InChI=1S/C80H48N6/c1-2-17-49(18-3-1)56-45-46-66-76-65(56)25-16-26-67(76)79-77(66)78(50-33-37-52(38-34-50)83-68-27-10-8-23-61(68)63-43-41-54(47-74(63)83)85-70-29-12-4-19-57(70)58-20-5-13-30-71(58)85)81-80(82-79)51-35-39-53(40-36-51)84-69-28-11-9-24-62(69)64-44-42-55(48-75(64)84)86-72-31-14-6-21-59(72)60-22-7-15-32-73(60)86/h1-48H. The molecule has 5 aromatic heterocycles. The number of para-hydroxylation sites is 6. The van der Waals surface area contributed by atoms with Crippen LogP contribution in [0.2, 0.25) is 0 Å². The minimum Gasteiger partial charge on any atom is -0.309 e. The summed E-state index contributed by atoms with van der Waals surface area (Å²) in [5.74, 6) is 0.679. The van der Waals surface area contributed by atoms with Crippen molar-refractivity contribution in [2.24, 2.45) is 0 Å². The van der Waals surface area contributed by atoms with Crippen LogP contribution in [-0.2, 0) is 0 Å². The Morgan fingerprint density at radius 3 is 1.03 bits per heavy atom. The maximum Gasteiger partial charge on any atom is 0.160 e. The van der Waals surface area contributed by atoms with Crippen molar-refractivity contribution in [2.45, 2.75) is 0 Å². The van der Waals surface area contributed by atoms with Gasteiger partial charge in [0.1, 0.15) is 0 Å². The first-order valence-corrected chi connectivity index (χ1v) is 29.5. The lowest BCUT2D eigenvalue weighted by atomic mass is 9.93. The third-order valence-corrected chi connectivity index (χ3v) is 18.3. The van der Waals surface area contributed by atoms with Crippen LogP contribution in [0.5, 0.6) is 0 Å². The van der Waals surface area contributed by atoms with E-state index in [1.54, 1.807) is 0 Å². The molecule has 1 aliphatic carbocycles. The first-order chi connectivity index (χ1) is 42.7. The monoisotopic (exact) mass is 1090 g/mol. The molecule has 0 spiro atoms. The number of benzene rings is 13. The van der Waals surface area contributed by atoms with E-state index < -0.39 is 0 Å². The van der Waals surface area contributed by atoms with Gasteiger partial charge in [-0.2, -0.15) is 0 Å². The van der Waals surface area contributed by atoms with Gasteiger partial charge in [-0.15, -0.1) is 0 Å². The predicted molar refractivity (Wildman–Crippen MR) is 358 cm³/mol. The zero-order valence-corrected chi connectivity index (χ0v) is 46.4. The fourth-order valence-electron chi connectivity index (χ4n) is 14.6. The van der Waals surface area contributed by atoms with E-state index in [0.717, 1.165) is 84.0 Å². The van der Waals surface area contributed by atoms with Gasteiger partial charge in [-0.1, -0.05) is 194 Å². The number of hydrogen-bond acceptors (Lipinski definition) is 2. The van der Waals surface area contributed by atoms with E-state index >= 15 is 0 Å². The van der Waals surface area contributed by atoms with Crippen LogP contribution in [0.4, 0.5) is 0 Å². The van der Waals surface area contributed by atoms with Crippen LogP contribution in [0, 0.1) is 0 Å². The van der Waals surface area contributed by atoms with Crippen LogP contribution in [0.15, 0.2) is 291 Å². The normalized spacial score (nSPS) is 12.2. The Balaban J connectivity index is 0.771. The van der Waals surface area contributed by atoms with Crippen molar-refractivity contribution in [1.82, 2.24) is 28.2 Å². The van der Waals surface area contributed by atoms with Crippen molar-refractivity contribution in [1.29, 1.82) is 0 Å². The second-order valence-corrected chi connectivity index (χ2v) is 22.8. The maximum absolute atomic E-state index is 5.67. The number of nitrogens with zero attached hydrogens (tertiary/aromatic N) is 6. The van der Waals surface area contributed by atoms with Crippen molar-refractivity contribution >= 4 is 98.0 Å². The summed E-state index contributed by atoms with van der Waals surface area (Å²) < 4.78 is 9.64. The average Bonchev–Trinajstić information content (AvgIpc) is 1.73. The van der Waals surface area contributed by atoms with E-state index in [4.69, 9.17) is 9.97 Å². The van der Waals surface area contributed by atoms with Gasteiger partial charge in [0.05, 0.1) is 55.5 Å². The Kier molecular flexibility index (Phi) is 9.80. The summed E-state index contributed by atoms with van der Waals surface area (Å²) >= 11 is 0. The van der Waals surface area contributed by atoms with Crippen LogP contribution in [0.1, 0.15) is 0 Å². The molecule has 0 bridgehead atoms. The number of hydrogen-bond donors (Lipinski definition) is 0. The van der Waals surface area contributed by atoms with Gasteiger partial charge >= 0.3 is 0 Å². The zero-order valence-electron chi connectivity index (χ0n) is 46.4. The Hall–Kier alpha value is -11.6. The van der Waals surface area contributed by atoms with E-state index in [1.807, 2.05) is 0 Å². The molecule has 0 saturated heterocycles. The minimum absolute atomic E-state index is 0.679. The van der Waals surface area contributed by atoms with Crippen LogP contribution < -0.4 is 0 Å². The second-order valence-electron chi connectivity index (χ2n) is 22.8. The molecule has 13 aromatic carbocycles. The molecule has 0 fully saturated rings. The fourth-order valence-corrected chi connectivity index (χ4v) is 14.6. The van der Waals surface area contributed by atoms with E-state index in [9.17, 15) is 0 Å². The van der Waals surface area contributed by atoms with Gasteiger partial charge in [0, 0.05) is 88.1 Å². The highest BCUT2D eigenvalue weighted by molar-refractivity contribution is 6.20. The molecule has 1 aliphatic rings. The van der Waals surface area contributed by atoms with Gasteiger partial charge in [-0.05, 0) is 125 Å². The number of rotatable bonds is 7. The molecule has 6 heteroatoms. The average molecular weight is 1090 g/mol. The Morgan fingerprint density at radius 1 is 0.209 bits per heavy atom. The Bertz CT molecular complexity index is 5770. The van der Waals surface area contributed by atoms with Crippen LogP contribution in [0.3, 0.4) is 0 Å². The lowest BCUT2D eigenvalue weighted by Crippen LogP contribution is -2.00. The summed E-state index contributed by atoms with van der Waals surface area (Å²) in [6.45, 7) is 0. The topological polar surface area (TPSA) is 45.5 Å². The third kappa shape index (κ3) is 6.66. The van der Waals surface area contributed by atoms with Crippen LogP contribution >= 0.6 is 0 Å². The highest BCUT2D eigenvalue weighted by Crippen LogP contribution is 2.52. The molecule has 18 aromatic rings. The van der Waals surface area contributed by atoms with Crippen molar-refractivity contribution in [3.05, 3.63) is 291 Å². The van der Waals surface area contributed by atoms with Crippen molar-refractivity contribution in [3.63, 3.8) is 0 Å². The summed E-state index contributed by atoms with van der Waals surface area (Å²) in [7, 11) is 0. The third-order valence-electron chi connectivity index (χ3n) is 18.3. The molecule has 0 unspecified atom stereocenters. The van der Waals surface area contributed by atoms with Crippen molar-refractivity contribution in [3.8, 4) is 78.9 Å². The summed E-state index contributed by atoms with van der Waals surface area (Å²) in [5.41, 5.74) is 23.3. The molecular formula is C80H48N6. The summed E-state index contributed by atoms with van der Waals surface area (Å²) in [5, 5.41) is 12.2. The molecular weight excluding hydrogens is 1040 g/mol. The van der Waals surface area contributed by atoms with E-state index in [-0.39, 0.29) is 0 Å². The first-order valence-electron chi connectivity index (χ1n) is 29.5. The molecule has 0 saturated carbocycles. The molecule has 0 atom stereocenters. The molecule has 0 aliphatic heterocycles. The zero-order chi connectivity index (χ0) is 56.1. The molecule has 5 heterocycles. The van der Waals surface area contributed by atoms with Gasteiger partial charge < -0.3 is 18.3 Å². The lowest BCUT2D eigenvalue weighted by molar-refractivity contribution is 1.15. The largest absolute Gasteiger partial charge is 0.309 e. The molecule has 0 N–H and O–H groups in total. The molecule has 0 radical (unpaired) electrons. The molecule has 0 amide bonds. The molecule has 19 rings (SSSR count). The maximum atomic E-state index is 5.67. The van der Waals surface area contributed by atoms with Gasteiger partial charge in [-0.25, -0.2) is 9.97 Å². The van der Waals surface area contributed by atoms with Crippen LogP contribution in [-0.4, -0.2) is 28.2 Å². The SMILES string of the molecule is c1ccc(-c2ccc3c4c(cccc24)-c2nc(-c4ccc(-n5c6ccccc6c6ccc(-n7c8ccccc8c8ccccc87)cc65)cc4)nc(-c4ccc(-n5c6ccccc6c6ccc(-n7c8ccccc8c8ccccc87)cc65)cc4)c2-3)cc1. The molecule has 86 heavy (non-hydrogen) atoms. The number of aromatic nitrogens is 6. The predicted octanol–water partition coefficient (Wildman–Crippen LogP) is 20.7. The molecule has 398 valence electrons. The summed E-state index contributed by atoms with van der Waals surface area (Å²) in [4.78, 5) is 11.3.